The van der Waals surface area contributed by atoms with Gasteiger partial charge in [-0.3, -0.25) is 9.36 Å². The van der Waals surface area contributed by atoms with Crippen LogP contribution in [0.3, 0.4) is 0 Å². The van der Waals surface area contributed by atoms with Crippen LogP contribution in [0.5, 0.6) is 0 Å². The van der Waals surface area contributed by atoms with Crippen molar-refractivity contribution < 1.29 is 12.9 Å². The number of aryl methyl sites for hydroxylation is 2. The molecule has 0 aliphatic carbocycles. The van der Waals surface area contributed by atoms with Crippen LogP contribution >= 0.6 is 11.3 Å². The Morgan fingerprint density at radius 2 is 1.97 bits per heavy atom. The van der Waals surface area contributed by atoms with Gasteiger partial charge in [-0.05, 0) is 37.6 Å². The van der Waals surface area contributed by atoms with Crippen molar-refractivity contribution in [3.05, 3.63) is 63.6 Å². The van der Waals surface area contributed by atoms with Gasteiger partial charge in [-0.1, -0.05) is 40.8 Å². The van der Waals surface area contributed by atoms with Crippen LogP contribution in [0.4, 0.5) is 0 Å². The molecule has 0 saturated heterocycles. The highest BCUT2D eigenvalue weighted by atomic mass is 32.2. The minimum Gasteiger partial charge on any atom is -0.338 e. The van der Waals surface area contributed by atoms with Gasteiger partial charge >= 0.3 is 4.87 Å². The summed E-state index contributed by atoms with van der Waals surface area (Å²) in [5.41, 5.74) is 2.56. The highest BCUT2D eigenvalue weighted by Crippen LogP contribution is 2.25. The molecule has 0 aliphatic heterocycles. The molecule has 0 amide bonds. The summed E-state index contributed by atoms with van der Waals surface area (Å²) in [6.45, 7) is 4.29. The van der Waals surface area contributed by atoms with Crippen LogP contribution in [0.15, 0.2) is 56.7 Å². The Morgan fingerprint density at radius 3 is 2.70 bits per heavy atom. The number of aromatic nitrogens is 3. The zero-order valence-electron chi connectivity index (χ0n) is 16.7. The van der Waals surface area contributed by atoms with E-state index in [2.05, 4.69) is 10.1 Å². The van der Waals surface area contributed by atoms with Gasteiger partial charge in [0.1, 0.15) is 0 Å². The summed E-state index contributed by atoms with van der Waals surface area (Å²) in [4.78, 5) is 16.4. The van der Waals surface area contributed by atoms with Gasteiger partial charge in [0.15, 0.2) is 0 Å². The Balaban J connectivity index is 1.60. The Labute approximate surface area is 177 Å². The Morgan fingerprint density at radius 1 is 1.20 bits per heavy atom. The molecule has 0 spiro atoms. The van der Waals surface area contributed by atoms with E-state index in [1.54, 1.807) is 10.6 Å². The molecule has 0 atom stereocenters. The lowest BCUT2D eigenvalue weighted by Crippen LogP contribution is -2.26. The van der Waals surface area contributed by atoms with E-state index in [1.165, 1.54) is 19.2 Å². The molecule has 30 heavy (non-hydrogen) atoms. The second-order valence-corrected chi connectivity index (χ2v) is 9.87. The van der Waals surface area contributed by atoms with Gasteiger partial charge in [-0.15, -0.1) is 0 Å². The number of nitrogens with zero attached hydrogens (tertiary/aromatic N) is 4. The van der Waals surface area contributed by atoms with E-state index in [4.69, 9.17) is 4.52 Å². The summed E-state index contributed by atoms with van der Waals surface area (Å²) >= 11 is 1.04. The summed E-state index contributed by atoms with van der Waals surface area (Å²) in [5, 5.41) is 3.97. The highest BCUT2D eigenvalue weighted by Gasteiger charge is 2.24. The molecule has 2 aromatic carbocycles. The molecule has 0 bridgehead atoms. The van der Waals surface area contributed by atoms with E-state index in [-0.39, 0.29) is 22.2 Å². The van der Waals surface area contributed by atoms with Crippen molar-refractivity contribution in [1.29, 1.82) is 0 Å². The second kappa shape index (κ2) is 7.78. The van der Waals surface area contributed by atoms with E-state index >= 15 is 0 Å². The Bertz CT molecular complexity index is 1390. The van der Waals surface area contributed by atoms with Crippen molar-refractivity contribution >= 4 is 31.6 Å². The maximum atomic E-state index is 13.0. The van der Waals surface area contributed by atoms with Crippen LogP contribution < -0.4 is 4.87 Å². The molecule has 0 radical (unpaired) electrons. The number of hydrogen-bond acceptors (Lipinski definition) is 7. The zero-order valence-corrected chi connectivity index (χ0v) is 18.3. The second-order valence-electron chi connectivity index (χ2n) is 6.83. The minimum atomic E-state index is -3.80. The number of fused-ring (bicyclic) bond motifs is 1. The molecule has 8 nitrogen and oxygen atoms in total. The third-order valence-electron chi connectivity index (χ3n) is 4.88. The molecule has 4 rings (SSSR count). The molecular weight excluding hydrogens is 424 g/mol. The van der Waals surface area contributed by atoms with Crippen molar-refractivity contribution in [2.24, 2.45) is 0 Å². The average molecular weight is 445 g/mol. The number of benzene rings is 2. The van der Waals surface area contributed by atoms with Gasteiger partial charge in [0, 0.05) is 19.2 Å². The van der Waals surface area contributed by atoms with Crippen molar-refractivity contribution in [1.82, 2.24) is 19.0 Å². The quantitative estimate of drug-likeness (QED) is 0.453. The average Bonchev–Trinajstić information content (AvgIpc) is 3.30. The highest BCUT2D eigenvalue weighted by molar-refractivity contribution is 7.89. The normalized spacial score (nSPS) is 12.1. The van der Waals surface area contributed by atoms with Crippen LogP contribution in [-0.4, -0.2) is 34.5 Å². The molecule has 0 aliphatic rings. The molecule has 4 aromatic rings. The minimum absolute atomic E-state index is 0.0640. The van der Waals surface area contributed by atoms with Gasteiger partial charge < -0.3 is 4.52 Å². The fraction of sp³-hybridized carbons (Fsp3) is 0.250. The third-order valence-corrected chi connectivity index (χ3v) is 7.62. The Kier molecular flexibility index (Phi) is 5.31. The van der Waals surface area contributed by atoms with Gasteiger partial charge in [-0.25, -0.2) is 8.42 Å². The molecule has 0 fully saturated rings. The van der Waals surface area contributed by atoms with Gasteiger partial charge in [0.25, 0.3) is 0 Å². The van der Waals surface area contributed by atoms with Crippen LogP contribution in [-0.2, 0) is 23.1 Å². The fourth-order valence-electron chi connectivity index (χ4n) is 3.21. The predicted octanol–water partition coefficient (Wildman–Crippen LogP) is 3.26. The first kappa shape index (κ1) is 20.5. The summed E-state index contributed by atoms with van der Waals surface area (Å²) < 4.78 is 34.7. The maximum Gasteiger partial charge on any atom is 0.308 e. The van der Waals surface area contributed by atoms with Crippen LogP contribution in [0, 0.1) is 6.92 Å². The summed E-state index contributed by atoms with van der Waals surface area (Å²) in [5.74, 6) is 0.614. The van der Waals surface area contributed by atoms with E-state index in [0.29, 0.717) is 17.1 Å². The molecule has 0 unspecified atom stereocenters. The van der Waals surface area contributed by atoms with Crippen molar-refractivity contribution in [3.8, 4) is 11.4 Å². The van der Waals surface area contributed by atoms with Crippen molar-refractivity contribution in [2.75, 3.05) is 7.05 Å². The van der Waals surface area contributed by atoms with Crippen LogP contribution in [0.2, 0.25) is 0 Å². The van der Waals surface area contributed by atoms with Crippen molar-refractivity contribution in [2.45, 2.75) is 31.8 Å². The number of sulfonamides is 1. The van der Waals surface area contributed by atoms with Gasteiger partial charge in [0.05, 0.1) is 21.7 Å². The molecule has 156 valence electrons. The van der Waals surface area contributed by atoms with Crippen LogP contribution in [0.25, 0.3) is 21.6 Å². The lowest BCUT2D eigenvalue weighted by atomic mass is 10.1. The maximum absolute atomic E-state index is 13.0. The van der Waals surface area contributed by atoms with Gasteiger partial charge in [-0.2, -0.15) is 9.29 Å². The third kappa shape index (κ3) is 3.57. The monoisotopic (exact) mass is 444 g/mol. The number of thiazole rings is 1. The van der Waals surface area contributed by atoms with Crippen LogP contribution in [0.1, 0.15) is 18.4 Å². The van der Waals surface area contributed by atoms with E-state index in [0.717, 1.165) is 32.3 Å². The lowest BCUT2D eigenvalue weighted by Gasteiger charge is -2.15. The predicted molar refractivity (Wildman–Crippen MR) is 115 cm³/mol. The molecule has 2 heterocycles. The standard InChI is InChI=1S/C20H20N4O4S2/c1-4-24-16-10-9-14(11-17(16)29-20(24)25)30(26,27)23(3)12-18-21-19(22-28-18)15-8-6-5-7-13(15)2/h5-11H,4,12H2,1-3H3. The topological polar surface area (TPSA) is 98.3 Å². The number of rotatable bonds is 6. The van der Waals surface area contributed by atoms with Gasteiger partial charge in [0.2, 0.25) is 21.7 Å². The van der Waals surface area contributed by atoms with E-state index < -0.39 is 10.0 Å². The number of hydrogen-bond donors (Lipinski definition) is 0. The largest absolute Gasteiger partial charge is 0.338 e. The molecule has 10 heteroatoms. The lowest BCUT2D eigenvalue weighted by molar-refractivity contribution is 0.337. The van der Waals surface area contributed by atoms with Crippen molar-refractivity contribution in [3.63, 3.8) is 0 Å². The summed E-state index contributed by atoms with van der Waals surface area (Å²) in [7, 11) is -2.35. The molecule has 0 N–H and O–H groups in total. The van der Waals surface area contributed by atoms with E-state index in [9.17, 15) is 13.2 Å². The molecule has 2 aromatic heterocycles. The zero-order chi connectivity index (χ0) is 21.5. The van der Waals surface area contributed by atoms with E-state index in [1.807, 2.05) is 38.1 Å². The first-order valence-corrected chi connectivity index (χ1v) is 11.5. The molecular formula is C20H20N4O4S2. The SMILES string of the molecule is CCn1c(=O)sc2cc(S(=O)(=O)N(C)Cc3nc(-c4ccccc4C)no3)ccc21. The summed E-state index contributed by atoms with van der Waals surface area (Å²) in [6.07, 6.45) is 0. The smallest absolute Gasteiger partial charge is 0.308 e. The first-order valence-electron chi connectivity index (χ1n) is 9.29. The first-order chi connectivity index (χ1) is 14.3. The fourth-order valence-corrected chi connectivity index (χ4v) is 5.43. The Hall–Kier alpha value is -2.82. The summed E-state index contributed by atoms with van der Waals surface area (Å²) in [6, 6.07) is 12.3. The molecule has 0 saturated carbocycles.